The van der Waals surface area contributed by atoms with Gasteiger partial charge in [-0.1, -0.05) is 82.3 Å². The van der Waals surface area contributed by atoms with Crippen LogP contribution in [0.2, 0.25) is 0 Å². The zero-order chi connectivity index (χ0) is 24.6. The third kappa shape index (κ3) is 7.31. The van der Waals surface area contributed by atoms with Crippen LogP contribution in [0.15, 0.2) is 53.4 Å². The number of benzene rings is 2. The first-order valence-electron chi connectivity index (χ1n) is 12.3. The van der Waals surface area contributed by atoms with Crippen molar-refractivity contribution >= 4 is 15.9 Å². The normalized spacial score (nSPS) is 16.5. The molecule has 3 rings (SSSR count). The number of carbonyl (C=O) groups is 1. The van der Waals surface area contributed by atoms with Crippen molar-refractivity contribution < 1.29 is 17.9 Å². The smallest absolute Gasteiger partial charge is 0.245 e. The van der Waals surface area contributed by atoms with E-state index in [1.807, 2.05) is 50.2 Å². The van der Waals surface area contributed by atoms with E-state index in [1.165, 1.54) is 26.4 Å². The quantitative estimate of drug-likeness (QED) is 0.526. The highest BCUT2D eigenvalue weighted by molar-refractivity contribution is 7.89. The van der Waals surface area contributed by atoms with Crippen LogP contribution in [-0.2, 0) is 21.2 Å². The number of sulfonamides is 1. The average Bonchev–Trinajstić information content (AvgIpc) is 2.80. The minimum Gasteiger partial charge on any atom is -0.495 e. The molecule has 1 fully saturated rings. The van der Waals surface area contributed by atoms with E-state index in [0.717, 1.165) is 36.8 Å². The third-order valence-corrected chi connectivity index (χ3v) is 7.98. The molecule has 0 saturated heterocycles. The second-order valence-electron chi connectivity index (χ2n) is 9.48. The Morgan fingerprint density at radius 3 is 2.26 bits per heavy atom. The van der Waals surface area contributed by atoms with Crippen molar-refractivity contribution in [3.05, 3.63) is 59.7 Å². The van der Waals surface area contributed by atoms with Gasteiger partial charge in [-0.3, -0.25) is 4.79 Å². The minimum absolute atomic E-state index is 0.0537. The molecule has 0 heterocycles. The summed E-state index contributed by atoms with van der Waals surface area (Å²) in [5.74, 6) is 0.135. The number of amides is 1. The summed E-state index contributed by atoms with van der Waals surface area (Å²) in [4.78, 5) is 13.4. The Balaban J connectivity index is 1.87. The average molecular weight is 487 g/mol. The van der Waals surface area contributed by atoms with Gasteiger partial charge in [-0.2, -0.15) is 4.72 Å². The molecule has 7 heteroatoms. The maximum atomic E-state index is 13.5. The molecule has 0 radical (unpaired) electrons. The lowest BCUT2D eigenvalue weighted by molar-refractivity contribution is -0.123. The van der Waals surface area contributed by atoms with Crippen LogP contribution in [0, 0.1) is 0 Å². The van der Waals surface area contributed by atoms with Gasteiger partial charge in [0.2, 0.25) is 15.9 Å². The predicted molar refractivity (Wildman–Crippen MR) is 136 cm³/mol. The lowest BCUT2D eigenvalue weighted by Gasteiger charge is -2.25. The van der Waals surface area contributed by atoms with Gasteiger partial charge in [0.1, 0.15) is 16.7 Å². The molecule has 1 aliphatic rings. The van der Waals surface area contributed by atoms with Crippen LogP contribution in [0.4, 0.5) is 0 Å². The predicted octanol–water partition coefficient (Wildman–Crippen LogP) is 4.94. The van der Waals surface area contributed by atoms with Gasteiger partial charge in [0, 0.05) is 6.04 Å². The third-order valence-electron chi connectivity index (χ3n) is 6.49. The molecule has 1 amide bonds. The number of carbonyl (C=O) groups excluding carboxylic acids is 1. The first-order chi connectivity index (χ1) is 16.3. The van der Waals surface area contributed by atoms with E-state index in [4.69, 9.17) is 4.74 Å². The minimum atomic E-state index is -4.01. The van der Waals surface area contributed by atoms with Crippen molar-refractivity contribution in [3.63, 3.8) is 0 Å². The van der Waals surface area contributed by atoms with Gasteiger partial charge in [-0.25, -0.2) is 8.42 Å². The lowest BCUT2D eigenvalue weighted by atomic mass is 9.96. The van der Waals surface area contributed by atoms with E-state index in [0.29, 0.717) is 0 Å². The zero-order valence-electron chi connectivity index (χ0n) is 20.5. The molecule has 2 N–H and O–H groups in total. The van der Waals surface area contributed by atoms with E-state index in [2.05, 4.69) is 10.0 Å². The highest BCUT2D eigenvalue weighted by Crippen LogP contribution is 2.28. The second kappa shape index (κ2) is 12.4. The SMILES string of the molecule is COc1ccc(C(C)C)cc1S(=O)(=O)NC(Cc1ccccc1)C(=O)NC1CCCCCCC1. The molecule has 2 aromatic rings. The number of rotatable bonds is 9. The summed E-state index contributed by atoms with van der Waals surface area (Å²) in [5, 5.41) is 3.14. The Morgan fingerprint density at radius 1 is 1.00 bits per heavy atom. The van der Waals surface area contributed by atoms with Crippen molar-refractivity contribution in [2.45, 2.75) is 88.1 Å². The van der Waals surface area contributed by atoms with Gasteiger partial charge in [-0.05, 0) is 48.4 Å². The fraction of sp³-hybridized carbons (Fsp3) is 0.519. The molecule has 1 saturated carbocycles. The second-order valence-corrected chi connectivity index (χ2v) is 11.2. The number of hydrogen-bond donors (Lipinski definition) is 2. The van der Waals surface area contributed by atoms with Crippen molar-refractivity contribution in [3.8, 4) is 5.75 Å². The van der Waals surface area contributed by atoms with Gasteiger partial charge in [0.25, 0.3) is 0 Å². The topological polar surface area (TPSA) is 84.5 Å². The van der Waals surface area contributed by atoms with Crippen LogP contribution in [0.5, 0.6) is 5.75 Å². The first-order valence-corrected chi connectivity index (χ1v) is 13.8. The molecular weight excluding hydrogens is 448 g/mol. The molecule has 6 nitrogen and oxygen atoms in total. The van der Waals surface area contributed by atoms with E-state index >= 15 is 0 Å². The van der Waals surface area contributed by atoms with Gasteiger partial charge in [-0.15, -0.1) is 0 Å². The van der Waals surface area contributed by atoms with Crippen LogP contribution in [0.25, 0.3) is 0 Å². The zero-order valence-corrected chi connectivity index (χ0v) is 21.4. The van der Waals surface area contributed by atoms with Crippen LogP contribution >= 0.6 is 0 Å². The number of methoxy groups -OCH3 is 1. The first kappa shape index (κ1) is 26.2. The van der Waals surface area contributed by atoms with Crippen LogP contribution in [0.1, 0.15) is 75.8 Å². The van der Waals surface area contributed by atoms with Crippen molar-refractivity contribution in [1.82, 2.24) is 10.0 Å². The number of ether oxygens (including phenoxy) is 1. The van der Waals surface area contributed by atoms with Gasteiger partial charge in [0.05, 0.1) is 7.11 Å². The Labute approximate surface area is 204 Å². The number of nitrogens with one attached hydrogen (secondary N) is 2. The molecule has 186 valence electrons. The summed E-state index contributed by atoms with van der Waals surface area (Å²) in [5.41, 5.74) is 1.78. The Bertz CT molecular complexity index is 1030. The van der Waals surface area contributed by atoms with Gasteiger partial charge >= 0.3 is 0 Å². The standard InChI is InChI=1S/C27H38N2O4S/c1-20(2)22-16-17-25(33-3)26(19-22)34(31,32)29-24(18-21-12-8-7-9-13-21)27(30)28-23-14-10-5-4-6-11-15-23/h7-9,12-13,16-17,19-20,23-24,29H,4-6,10-11,14-15,18H2,1-3H3,(H,28,30). The van der Waals surface area contributed by atoms with Crippen LogP contribution < -0.4 is 14.8 Å². The van der Waals surface area contributed by atoms with Crippen molar-refractivity contribution in [2.75, 3.05) is 7.11 Å². The maximum Gasteiger partial charge on any atom is 0.245 e. The Hall–Kier alpha value is -2.38. The lowest BCUT2D eigenvalue weighted by Crippen LogP contribution is -2.50. The molecule has 0 bridgehead atoms. The van der Waals surface area contributed by atoms with Gasteiger partial charge < -0.3 is 10.1 Å². The van der Waals surface area contributed by atoms with E-state index < -0.39 is 16.1 Å². The molecule has 2 aromatic carbocycles. The fourth-order valence-corrected chi connectivity index (χ4v) is 5.85. The summed E-state index contributed by atoms with van der Waals surface area (Å²) in [6.07, 6.45) is 7.90. The van der Waals surface area contributed by atoms with Crippen molar-refractivity contribution in [1.29, 1.82) is 0 Å². The van der Waals surface area contributed by atoms with E-state index in [9.17, 15) is 13.2 Å². The van der Waals surface area contributed by atoms with E-state index in [-0.39, 0.29) is 34.9 Å². The summed E-state index contributed by atoms with van der Waals surface area (Å²) in [6, 6.07) is 13.8. The fourth-order valence-electron chi connectivity index (χ4n) is 4.45. The van der Waals surface area contributed by atoms with Crippen molar-refractivity contribution in [2.24, 2.45) is 0 Å². The molecule has 1 unspecified atom stereocenters. The van der Waals surface area contributed by atoms with Gasteiger partial charge in [0.15, 0.2) is 0 Å². The molecule has 0 spiro atoms. The molecule has 0 aliphatic heterocycles. The Kier molecular flexibility index (Phi) is 9.54. The molecule has 1 aliphatic carbocycles. The molecule has 0 aromatic heterocycles. The number of hydrogen-bond acceptors (Lipinski definition) is 4. The van der Waals surface area contributed by atoms with E-state index in [1.54, 1.807) is 12.1 Å². The summed E-state index contributed by atoms with van der Waals surface area (Å²) in [6.45, 7) is 4.01. The molecule has 34 heavy (non-hydrogen) atoms. The monoisotopic (exact) mass is 486 g/mol. The highest BCUT2D eigenvalue weighted by Gasteiger charge is 2.30. The molecular formula is C27H38N2O4S. The maximum absolute atomic E-state index is 13.5. The Morgan fingerprint density at radius 2 is 1.65 bits per heavy atom. The highest BCUT2D eigenvalue weighted by atomic mass is 32.2. The van der Waals surface area contributed by atoms with Crippen LogP contribution in [-0.4, -0.2) is 33.5 Å². The summed E-state index contributed by atoms with van der Waals surface area (Å²) in [7, 11) is -2.56. The largest absolute Gasteiger partial charge is 0.495 e. The molecule has 1 atom stereocenters. The summed E-state index contributed by atoms with van der Waals surface area (Å²) >= 11 is 0. The van der Waals surface area contributed by atoms with Crippen LogP contribution in [0.3, 0.4) is 0 Å². The summed E-state index contributed by atoms with van der Waals surface area (Å²) < 4.78 is 35.1.